The van der Waals surface area contributed by atoms with Crippen molar-refractivity contribution >= 4 is 29.5 Å². The van der Waals surface area contributed by atoms with E-state index in [2.05, 4.69) is 11.4 Å². The lowest BCUT2D eigenvalue weighted by molar-refractivity contribution is -0.142. The summed E-state index contributed by atoms with van der Waals surface area (Å²) in [6.45, 7) is 0.216. The molecule has 0 spiro atoms. The lowest BCUT2D eigenvalue weighted by Gasteiger charge is -2.32. The van der Waals surface area contributed by atoms with Crippen LogP contribution in [0.3, 0.4) is 0 Å². The van der Waals surface area contributed by atoms with Crippen LogP contribution in [0.2, 0.25) is 0 Å². The molecule has 10 nitrogen and oxygen atoms in total. The zero-order valence-electron chi connectivity index (χ0n) is 21.0. The summed E-state index contributed by atoms with van der Waals surface area (Å²) in [6.07, 6.45) is -0.218. The molecular weight excluding hydrogens is 508 g/mol. The fourth-order valence-electron chi connectivity index (χ4n) is 4.39. The summed E-state index contributed by atoms with van der Waals surface area (Å²) in [5, 5.41) is 12.5. The third kappa shape index (κ3) is 4.90. The number of methoxy groups -OCH3 is 3. The monoisotopic (exact) mass is 534 g/mol. The Morgan fingerprint density at radius 3 is 2.50 bits per heavy atom. The highest BCUT2D eigenvalue weighted by molar-refractivity contribution is 8.04. The average molecular weight is 535 g/mol. The van der Waals surface area contributed by atoms with Gasteiger partial charge in [0.15, 0.2) is 0 Å². The summed E-state index contributed by atoms with van der Waals surface area (Å²) in [5.41, 5.74) is 7.92. The van der Waals surface area contributed by atoms with Crippen molar-refractivity contribution in [2.24, 2.45) is 5.73 Å². The molecule has 2 aromatic rings. The normalized spacial score (nSPS) is 18.6. The average Bonchev–Trinajstić information content (AvgIpc) is 3.26. The van der Waals surface area contributed by atoms with E-state index in [-0.39, 0.29) is 35.0 Å². The van der Waals surface area contributed by atoms with Gasteiger partial charge in [-0.1, -0.05) is 48.2 Å². The van der Waals surface area contributed by atoms with E-state index in [4.69, 9.17) is 19.9 Å². The highest BCUT2D eigenvalue weighted by Crippen LogP contribution is 2.51. The number of nitrogens with two attached hydrogens (primary N) is 1. The van der Waals surface area contributed by atoms with E-state index in [9.17, 15) is 19.6 Å². The number of hydrogen-bond acceptors (Lipinski definition) is 9. The Kier molecular flexibility index (Phi) is 7.93. The Labute approximate surface area is 224 Å². The second-order valence-electron chi connectivity index (χ2n) is 8.40. The van der Waals surface area contributed by atoms with Crippen LogP contribution >= 0.6 is 11.8 Å². The van der Waals surface area contributed by atoms with Crippen LogP contribution in [0.15, 0.2) is 70.5 Å². The van der Waals surface area contributed by atoms with Crippen molar-refractivity contribution in [3.05, 3.63) is 81.7 Å². The van der Waals surface area contributed by atoms with E-state index >= 15 is 0 Å². The minimum Gasteiger partial charge on any atom is -0.497 e. The Morgan fingerprint density at radius 1 is 1.13 bits per heavy atom. The number of nitrogens with zero attached hydrogens (tertiary/aromatic N) is 2. The molecule has 0 aliphatic carbocycles. The summed E-state index contributed by atoms with van der Waals surface area (Å²) in [7, 11) is 4.21. The van der Waals surface area contributed by atoms with E-state index in [0.29, 0.717) is 17.1 Å². The zero-order valence-corrected chi connectivity index (χ0v) is 21.8. The van der Waals surface area contributed by atoms with Crippen molar-refractivity contribution < 1.29 is 28.6 Å². The van der Waals surface area contributed by atoms with Crippen molar-refractivity contribution in [1.29, 1.82) is 5.26 Å². The van der Waals surface area contributed by atoms with Crippen LogP contribution in [0, 0.1) is 11.3 Å². The van der Waals surface area contributed by atoms with Gasteiger partial charge in [-0.05, 0) is 11.6 Å². The van der Waals surface area contributed by atoms with Crippen molar-refractivity contribution in [3.63, 3.8) is 0 Å². The predicted molar refractivity (Wildman–Crippen MR) is 139 cm³/mol. The number of hydrogen-bond donors (Lipinski definition) is 2. The number of fused-ring (bicyclic) bond motifs is 1. The summed E-state index contributed by atoms with van der Waals surface area (Å²) < 4.78 is 15.6. The van der Waals surface area contributed by atoms with E-state index < -0.39 is 29.0 Å². The van der Waals surface area contributed by atoms with Gasteiger partial charge in [0.2, 0.25) is 5.91 Å². The fourth-order valence-corrected chi connectivity index (χ4v) is 5.71. The van der Waals surface area contributed by atoms with Crippen LogP contribution in [-0.4, -0.2) is 49.3 Å². The number of nitriles is 1. The summed E-state index contributed by atoms with van der Waals surface area (Å²) >= 11 is 1.05. The Bertz CT molecular complexity index is 1380. The first-order chi connectivity index (χ1) is 18.3. The largest absolute Gasteiger partial charge is 0.497 e. The van der Waals surface area contributed by atoms with Gasteiger partial charge in [0.25, 0.3) is 5.91 Å². The molecule has 0 aromatic heterocycles. The van der Waals surface area contributed by atoms with Gasteiger partial charge in [-0.2, -0.15) is 5.26 Å². The molecule has 2 aromatic carbocycles. The summed E-state index contributed by atoms with van der Waals surface area (Å²) in [5.74, 6) is -1.73. The maximum absolute atomic E-state index is 13.8. The molecular formula is C27H26N4O6S. The topological polar surface area (TPSA) is 144 Å². The third-order valence-corrected chi connectivity index (χ3v) is 7.55. The predicted octanol–water partition coefficient (Wildman–Crippen LogP) is 2.53. The molecule has 4 rings (SSSR count). The minimum absolute atomic E-state index is 0.00902. The molecule has 0 unspecified atom stereocenters. The molecule has 3 N–H and O–H groups in total. The quantitative estimate of drug-likeness (QED) is 0.488. The van der Waals surface area contributed by atoms with Crippen LogP contribution in [0.1, 0.15) is 23.5 Å². The van der Waals surface area contributed by atoms with Gasteiger partial charge in [-0.3, -0.25) is 19.3 Å². The highest BCUT2D eigenvalue weighted by atomic mass is 32.2. The van der Waals surface area contributed by atoms with Crippen LogP contribution in [0.25, 0.3) is 0 Å². The Balaban J connectivity index is 1.87. The number of carbonyl (C=O) groups excluding carboxylic acids is 3. The number of carbonyl (C=O) groups is 3. The molecule has 0 bridgehead atoms. The van der Waals surface area contributed by atoms with Gasteiger partial charge in [-0.15, -0.1) is 0 Å². The summed E-state index contributed by atoms with van der Waals surface area (Å²) in [4.78, 5) is 40.3. The molecule has 2 heterocycles. The summed E-state index contributed by atoms with van der Waals surface area (Å²) in [6, 6.07) is 16.5. The van der Waals surface area contributed by atoms with Crippen molar-refractivity contribution in [2.75, 3.05) is 21.3 Å². The van der Waals surface area contributed by atoms with E-state index in [1.165, 1.54) is 21.3 Å². The minimum atomic E-state index is -0.944. The number of ether oxygens (including phenoxy) is 3. The SMILES string of the molecule is COC(=O)C[C@@H]1SC2=C(C(=O)NCc3ccccc3)[C@H](c3ccc(OC)cc3OC)C(C#N)=C(N)N2C1=O. The van der Waals surface area contributed by atoms with Crippen molar-refractivity contribution in [1.82, 2.24) is 10.2 Å². The van der Waals surface area contributed by atoms with Gasteiger partial charge in [-0.25, -0.2) is 0 Å². The van der Waals surface area contributed by atoms with Crippen LogP contribution in [0.4, 0.5) is 0 Å². The molecule has 0 saturated carbocycles. The number of esters is 1. The Hall–Kier alpha value is -4.43. The van der Waals surface area contributed by atoms with Gasteiger partial charge in [0, 0.05) is 18.2 Å². The second kappa shape index (κ2) is 11.3. The van der Waals surface area contributed by atoms with E-state index in [0.717, 1.165) is 22.2 Å². The molecule has 0 radical (unpaired) electrons. The first-order valence-corrected chi connectivity index (χ1v) is 12.5. The van der Waals surface area contributed by atoms with Crippen LogP contribution < -0.4 is 20.5 Å². The molecule has 2 amide bonds. The molecule has 1 saturated heterocycles. The smallest absolute Gasteiger partial charge is 0.307 e. The second-order valence-corrected chi connectivity index (χ2v) is 9.59. The first-order valence-electron chi connectivity index (χ1n) is 11.6. The fraction of sp³-hybridized carbons (Fsp3) is 0.259. The number of nitrogens with one attached hydrogen (secondary N) is 1. The van der Waals surface area contributed by atoms with Gasteiger partial charge in [0.05, 0.1) is 55.9 Å². The van der Waals surface area contributed by atoms with Crippen LogP contribution in [0.5, 0.6) is 11.5 Å². The molecule has 1 fully saturated rings. The maximum Gasteiger partial charge on any atom is 0.307 e. The number of benzene rings is 2. The first kappa shape index (κ1) is 26.6. The van der Waals surface area contributed by atoms with E-state index in [1.54, 1.807) is 18.2 Å². The van der Waals surface area contributed by atoms with Crippen LogP contribution in [-0.2, 0) is 25.7 Å². The molecule has 2 aliphatic heterocycles. The molecule has 2 atom stereocenters. The molecule has 38 heavy (non-hydrogen) atoms. The van der Waals surface area contributed by atoms with Gasteiger partial charge >= 0.3 is 5.97 Å². The number of amides is 2. The van der Waals surface area contributed by atoms with Gasteiger partial charge in [0.1, 0.15) is 22.6 Å². The van der Waals surface area contributed by atoms with Crippen molar-refractivity contribution in [3.8, 4) is 17.6 Å². The van der Waals surface area contributed by atoms with Gasteiger partial charge < -0.3 is 25.3 Å². The standard InChI is InChI=1S/C27H26N4O6S/c1-35-16-9-10-17(19(11-16)36-2)22-18(13-28)24(29)31-26(34)20(12-21(32)37-3)38-27(31)23(22)25(33)30-14-15-7-5-4-6-8-15/h4-11,20,22H,12,14,29H2,1-3H3,(H,30,33)/t20-,22+/m0/s1. The molecule has 196 valence electrons. The molecule has 2 aliphatic rings. The number of allylic oxidation sites excluding steroid dienone is 1. The van der Waals surface area contributed by atoms with Crippen molar-refractivity contribution in [2.45, 2.75) is 24.1 Å². The third-order valence-electron chi connectivity index (χ3n) is 6.27. The van der Waals surface area contributed by atoms with E-state index in [1.807, 2.05) is 30.3 Å². The zero-order chi connectivity index (χ0) is 27.4. The lowest BCUT2D eigenvalue weighted by Crippen LogP contribution is -2.40. The Morgan fingerprint density at radius 2 is 1.87 bits per heavy atom. The lowest BCUT2D eigenvalue weighted by atomic mass is 9.82. The number of thioether (sulfide) groups is 1. The molecule has 11 heteroatoms. The highest BCUT2D eigenvalue weighted by Gasteiger charge is 2.49. The number of rotatable bonds is 8. The maximum atomic E-state index is 13.8.